The number of nitrogens with zero attached hydrogens (tertiary/aromatic N) is 5. The van der Waals surface area contributed by atoms with Gasteiger partial charge in [-0.3, -0.25) is 24.1 Å². The molecule has 2 N–H and O–H groups in total. The maximum atomic E-state index is 13.7. The molecule has 2 unspecified atom stereocenters. The van der Waals surface area contributed by atoms with Gasteiger partial charge in [0.25, 0.3) is 5.91 Å². The first-order valence-electron chi connectivity index (χ1n) is 14.8. The second-order valence-corrected chi connectivity index (χ2v) is 11.5. The SMILES string of the molecule is CC(C)C(NC(=O)CNC(=O)N1CC(=O)N(Cc2ccccc2)C(Cc2ccccc2)C1=O)C(=O)c1noc(CCN(C)C)n1. The minimum absolute atomic E-state index is 0.145. The fraction of sp³-hybridized carbons (Fsp3) is 0.406. The molecule has 0 saturated carbocycles. The van der Waals surface area contributed by atoms with E-state index in [9.17, 15) is 24.0 Å². The van der Waals surface area contributed by atoms with Crippen molar-refractivity contribution < 1.29 is 28.5 Å². The summed E-state index contributed by atoms with van der Waals surface area (Å²) in [7, 11) is 3.79. The number of Topliss-reactive ketones (excluding diaryl/α,β-unsaturated/α-hetero) is 1. The second kappa shape index (κ2) is 15.2. The average Bonchev–Trinajstić information content (AvgIpc) is 3.51. The molecule has 0 bridgehead atoms. The molecule has 3 aromatic rings. The highest BCUT2D eigenvalue weighted by Gasteiger charge is 2.42. The molecule has 5 amide bonds. The number of piperazine rings is 1. The number of carbonyl (C=O) groups excluding carboxylic acids is 5. The van der Waals surface area contributed by atoms with Gasteiger partial charge in [0.1, 0.15) is 12.6 Å². The third-order valence-corrected chi connectivity index (χ3v) is 7.38. The van der Waals surface area contributed by atoms with E-state index in [0.717, 1.165) is 16.0 Å². The predicted molar refractivity (Wildman–Crippen MR) is 164 cm³/mol. The third-order valence-electron chi connectivity index (χ3n) is 7.38. The molecule has 1 aliphatic heterocycles. The van der Waals surface area contributed by atoms with E-state index in [1.807, 2.05) is 79.7 Å². The summed E-state index contributed by atoms with van der Waals surface area (Å²) in [5.41, 5.74) is 1.69. The Kier molecular flexibility index (Phi) is 11.1. The Balaban J connectivity index is 1.40. The fourth-order valence-corrected chi connectivity index (χ4v) is 4.90. The molecule has 0 radical (unpaired) electrons. The first kappa shape index (κ1) is 33.0. The Morgan fingerprint density at radius 3 is 2.27 bits per heavy atom. The highest BCUT2D eigenvalue weighted by Crippen LogP contribution is 2.20. The minimum atomic E-state index is -0.978. The van der Waals surface area contributed by atoms with E-state index in [1.54, 1.807) is 13.8 Å². The largest absolute Gasteiger partial charge is 0.344 e. The van der Waals surface area contributed by atoms with Crippen molar-refractivity contribution in [2.24, 2.45) is 5.92 Å². The number of benzene rings is 2. The van der Waals surface area contributed by atoms with Crippen LogP contribution in [0, 0.1) is 5.92 Å². The van der Waals surface area contributed by atoms with E-state index in [2.05, 4.69) is 20.8 Å². The molecule has 13 heteroatoms. The topological polar surface area (TPSA) is 158 Å². The highest BCUT2D eigenvalue weighted by atomic mass is 16.5. The van der Waals surface area contributed by atoms with E-state index in [1.165, 1.54) is 4.90 Å². The number of amides is 5. The third kappa shape index (κ3) is 8.82. The van der Waals surface area contributed by atoms with Gasteiger partial charge in [0.05, 0.1) is 12.6 Å². The lowest BCUT2D eigenvalue weighted by molar-refractivity contribution is -0.153. The van der Waals surface area contributed by atoms with Crippen LogP contribution in [0.5, 0.6) is 0 Å². The standard InChI is InChI=1S/C32H39N7O6/c1-21(2)28(29(42)30-35-26(45-36-30)15-16-37(3)4)34-25(40)18-33-32(44)39-20-27(41)38(19-23-13-9-6-10-14-23)24(31(39)43)17-22-11-7-5-8-12-22/h5-14,21,24,28H,15-20H2,1-4H3,(H,33,44)(H,34,40). The van der Waals surface area contributed by atoms with Gasteiger partial charge in [-0.05, 0) is 31.1 Å². The van der Waals surface area contributed by atoms with Gasteiger partial charge in [-0.2, -0.15) is 4.98 Å². The van der Waals surface area contributed by atoms with E-state index in [-0.39, 0.29) is 24.7 Å². The number of aromatic nitrogens is 2. The number of carbonyl (C=O) groups is 5. The number of likely N-dealkylation sites (N-methyl/N-ethyl adjacent to an activating group) is 1. The maximum Gasteiger partial charge on any atom is 0.325 e. The van der Waals surface area contributed by atoms with Gasteiger partial charge in [-0.15, -0.1) is 0 Å². The number of urea groups is 1. The summed E-state index contributed by atoms with van der Waals surface area (Å²) in [4.78, 5) is 74.5. The van der Waals surface area contributed by atoms with Gasteiger partial charge in [0, 0.05) is 25.9 Å². The van der Waals surface area contributed by atoms with E-state index < -0.39 is 54.7 Å². The van der Waals surface area contributed by atoms with Crippen LogP contribution < -0.4 is 10.6 Å². The van der Waals surface area contributed by atoms with Gasteiger partial charge in [-0.25, -0.2) is 4.79 Å². The number of ketones is 1. The summed E-state index contributed by atoms with van der Waals surface area (Å²) in [6.07, 6.45) is 0.680. The molecular weight excluding hydrogens is 578 g/mol. The van der Waals surface area contributed by atoms with Crippen LogP contribution >= 0.6 is 0 Å². The first-order chi connectivity index (χ1) is 21.5. The van der Waals surface area contributed by atoms with Crippen LogP contribution in [0.15, 0.2) is 65.2 Å². The molecule has 2 aromatic carbocycles. The summed E-state index contributed by atoms with van der Waals surface area (Å²) in [5.74, 6) is -2.29. The van der Waals surface area contributed by atoms with Crippen molar-refractivity contribution in [3.05, 3.63) is 83.5 Å². The lowest BCUT2D eigenvalue weighted by Crippen LogP contribution is -2.63. The van der Waals surface area contributed by atoms with Crippen molar-refractivity contribution in [3.63, 3.8) is 0 Å². The van der Waals surface area contributed by atoms with Crippen LogP contribution in [-0.4, -0.2) is 100 Å². The van der Waals surface area contributed by atoms with Crippen LogP contribution in [0.4, 0.5) is 4.79 Å². The predicted octanol–water partition coefficient (Wildman–Crippen LogP) is 1.69. The molecule has 2 heterocycles. The van der Waals surface area contributed by atoms with Crippen molar-refractivity contribution in [3.8, 4) is 0 Å². The number of nitrogens with one attached hydrogen (secondary N) is 2. The number of hydrogen-bond acceptors (Lipinski definition) is 9. The van der Waals surface area contributed by atoms with Gasteiger partial charge in [0.2, 0.25) is 29.3 Å². The first-order valence-corrected chi connectivity index (χ1v) is 14.8. The monoisotopic (exact) mass is 617 g/mol. The highest BCUT2D eigenvalue weighted by molar-refractivity contribution is 6.05. The van der Waals surface area contributed by atoms with Crippen molar-refractivity contribution in [2.45, 2.75) is 45.3 Å². The molecule has 238 valence electrons. The molecule has 1 aliphatic rings. The normalized spacial score (nSPS) is 15.8. The van der Waals surface area contributed by atoms with E-state index in [4.69, 9.17) is 4.52 Å². The molecular formula is C32H39N7O6. The van der Waals surface area contributed by atoms with Crippen molar-refractivity contribution in [1.82, 2.24) is 35.5 Å². The van der Waals surface area contributed by atoms with Gasteiger partial charge in [-0.1, -0.05) is 79.7 Å². The maximum absolute atomic E-state index is 13.7. The Hall–Kier alpha value is -4.91. The van der Waals surface area contributed by atoms with E-state index >= 15 is 0 Å². The summed E-state index contributed by atoms with van der Waals surface area (Å²) >= 11 is 0. The average molecular weight is 618 g/mol. The van der Waals surface area contributed by atoms with Crippen LogP contribution in [0.25, 0.3) is 0 Å². The zero-order valence-electron chi connectivity index (χ0n) is 25.9. The quantitative estimate of drug-likeness (QED) is 0.272. The summed E-state index contributed by atoms with van der Waals surface area (Å²) in [5, 5.41) is 8.81. The molecule has 0 spiro atoms. The second-order valence-electron chi connectivity index (χ2n) is 11.5. The molecule has 1 saturated heterocycles. The lowest BCUT2D eigenvalue weighted by atomic mass is 9.99. The molecule has 2 atom stereocenters. The van der Waals surface area contributed by atoms with Crippen LogP contribution in [0.1, 0.15) is 41.5 Å². The zero-order chi connectivity index (χ0) is 32.5. The van der Waals surface area contributed by atoms with Gasteiger partial charge < -0.3 is 25.0 Å². The minimum Gasteiger partial charge on any atom is -0.344 e. The Morgan fingerprint density at radius 2 is 1.64 bits per heavy atom. The van der Waals surface area contributed by atoms with Gasteiger partial charge >= 0.3 is 6.03 Å². The molecule has 0 aliphatic carbocycles. The smallest absolute Gasteiger partial charge is 0.325 e. The zero-order valence-corrected chi connectivity index (χ0v) is 25.9. The molecule has 45 heavy (non-hydrogen) atoms. The molecule has 1 fully saturated rings. The van der Waals surface area contributed by atoms with E-state index in [0.29, 0.717) is 18.9 Å². The Labute approximate surface area is 261 Å². The molecule has 4 rings (SSSR count). The van der Waals surface area contributed by atoms with Crippen LogP contribution in [0.3, 0.4) is 0 Å². The summed E-state index contributed by atoms with van der Waals surface area (Å²) in [6.45, 7) is 3.38. The van der Waals surface area contributed by atoms with Crippen molar-refractivity contribution >= 4 is 29.5 Å². The lowest BCUT2D eigenvalue weighted by Gasteiger charge is -2.39. The molecule has 13 nitrogen and oxygen atoms in total. The van der Waals surface area contributed by atoms with Gasteiger partial charge in [0.15, 0.2) is 0 Å². The number of hydrogen-bond donors (Lipinski definition) is 2. The fourth-order valence-electron chi connectivity index (χ4n) is 4.90. The Bertz CT molecular complexity index is 1490. The number of rotatable bonds is 13. The Morgan fingerprint density at radius 1 is 1.00 bits per heavy atom. The number of imide groups is 1. The van der Waals surface area contributed by atoms with Crippen LogP contribution in [-0.2, 0) is 33.8 Å². The van der Waals surface area contributed by atoms with Crippen molar-refractivity contribution in [1.29, 1.82) is 0 Å². The summed E-state index contributed by atoms with van der Waals surface area (Å²) < 4.78 is 5.18. The van der Waals surface area contributed by atoms with Crippen molar-refractivity contribution in [2.75, 3.05) is 33.7 Å². The van der Waals surface area contributed by atoms with Crippen LogP contribution in [0.2, 0.25) is 0 Å². The molecule has 1 aromatic heterocycles. The summed E-state index contributed by atoms with van der Waals surface area (Å²) in [6, 6.07) is 15.8.